The highest BCUT2D eigenvalue weighted by atomic mass is 16.3. The number of carbonyl (C=O) groups is 1. The number of aliphatic hydroxyl groups is 1. The van der Waals surface area contributed by atoms with Gasteiger partial charge >= 0.3 is 6.03 Å². The molecule has 0 spiro atoms. The van der Waals surface area contributed by atoms with Gasteiger partial charge in [-0.1, -0.05) is 72.8 Å². The Morgan fingerprint density at radius 3 is 2.00 bits per heavy atom. The summed E-state index contributed by atoms with van der Waals surface area (Å²) in [6, 6.07) is 27.4. The molecule has 0 bridgehead atoms. The molecule has 0 atom stereocenters. The van der Waals surface area contributed by atoms with Crippen LogP contribution in [-0.4, -0.2) is 29.2 Å². The summed E-state index contributed by atoms with van der Waals surface area (Å²) >= 11 is 0. The minimum absolute atomic E-state index is 0.0762. The van der Waals surface area contributed by atoms with Crippen LogP contribution in [0.5, 0.6) is 0 Å². The van der Waals surface area contributed by atoms with E-state index in [1.807, 2.05) is 72.8 Å². The van der Waals surface area contributed by atoms with E-state index in [9.17, 15) is 9.90 Å². The lowest BCUT2D eigenvalue weighted by molar-refractivity contribution is 0.185. The highest BCUT2D eigenvalue weighted by Crippen LogP contribution is 2.21. The van der Waals surface area contributed by atoms with Gasteiger partial charge < -0.3 is 15.3 Å². The zero-order valence-corrected chi connectivity index (χ0v) is 14.5. The third-order valence-corrected chi connectivity index (χ3v) is 4.12. The van der Waals surface area contributed by atoms with Crippen molar-refractivity contribution < 1.29 is 9.90 Å². The Labute approximate surface area is 153 Å². The van der Waals surface area contributed by atoms with E-state index in [0.717, 1.165) is 22.4 Å². The monoisotopic (exact) mass is 346 g/mol. The second-order valence-corrected chi connectivity index (χ2v) is 6.00. The zero-order chi connectivity index (χ0) is 18.2. The smallest absolute Gasteiger partial charge is 0.322 e. The molecule has 0 heterocycles. The SMILES string of the molecule is O=C(Nc1ccc(-c2ccccc2)cc1)N(CCO)Cc1ccccc1. The molecule has 3 rings (SSSR count). The van der Waals surface area contributed by atoms with E-state index in [2.05, 4.69) is 17.4 Å². The number of amides is 2. The average Bonchev–Trinajstić information content (AvgIpc) is 2.70. The number of hydrogen-bond donors (Lipinski definition) is 2. The summed E-state index contributed by atoms with van der Waals surface area (Å²) < 4.78 is 0. The third kappa shape index (κ3) is 4.71. The van der Waals surface area contributed by atoms with Gasteiger partial charge in [-0.2, -0.15) is 0 Å². The Morgan fingerprint density at radius 2 is 1.38 bits per heavy atom. The van der Waals surface area contributed by atoms with Crippen LogP contribution in [0.1, 0.15) is 5.56 Å². The summed E-state index contributed by atoms with van der Waals surface area (Å²) in [4.78, 5) is 14.2. The number of urea groups is 1. The van der Waals surface area contributed by atoms with Crippen molar-refractivity contribution in [1.29, 1.82) is 0 Å². The van der Waals surface area contributed by atoms with E-state index >= 15 is 0 Å². The summed E-state index contributed by atoms with van der Waals surface area (Å²) in [5.41, 5.74) is 3.98. The standard InChI is InChI=1S/C22H22N2O2/c25-16-15-24(17-18-7-3-1-4-8-18)22(26)23-21-13-11-20(12-14-21)19-9-5-2-6-10-19/h1-14,25H,15-17H2,(H,23,26). The van der Waals surface area contributed by atoms with Crippen LogP contribution in [0, 0.1) is 0 Å². The molecular weight excluding hydrogens is 324 g/mol. The second-order valence-electron chi connectivity index (χ2n) is 6.00. The molecule has 4 nitrogen and oxygen atoms in total. The number of carbonyl (C=O) groups excluding carboxylic acids is 1. The van der Waals surface area contributed by atoms with E-state index < -0.39 is 0 Å². The van der Waals surface area contributed by atoms with Crippen LogP contribution < -0.4 is 5.32 Å². The molecule has 0 unspecified atom stereocenters. The third-order valence-electron chi connectivity index (χ3n) is 4.12. The molecule has 0 radical (unpaired) electrons. The number of nitrogens with one attached hydrogen (secondary N) is 1. The molecule has 3 aromatic rings. The molecule has 0 aliphatic rings. The van der Waals surface area contributed by atoms with E-state index in [4.69, 9.17) is 0 Å². The van der Waals surface area contributed by atoms with Crippen molar-refractivity contribution in [3.8, 4) is 11.1 Å². The molecule has 2 amide bonds. The summed E-state index contributed by atoms with van der Waals surface area (Å²) in [5.74, 6) is 0. The van der Waals surface area contributed by atoms with Crippen LogP contribution >= 0.6 is 0 Å². The Bertz CT molecular complexity index is 818. The van der Waals surface area contributed by atoms with Crippen LogP contribution in [0.4, 0.5) is 10.5 Å². The van der Waals surface area contributed by atoms with E-state index in [-0.39, 0.29) is 19.2 Å². The van der Waals surface area contributed by atoms with Gasteiger partial charge in [0, 0.05) is 18.8 Å². The number of aliphatic hydroxyl groups excluding tert-OH is 1. The van der Waals surface area contributed by atoms with E-state index in [1.165, 1.54) is 0 Å². The maximum Gasteiger partial charge on any atom is 0.322 e. The maximum absolute atomic E-state index is 12.6. The van der Waals surface area contributed by atoms with Crippen LogP contribution in [0.15, 0.2) is 84.9 Å². The van der Waals surface area contributed by atoms with Crippen molar-refractivity contribution in [2.45, 2.75) is 6.54 Å². The Balaban J connectivity index is 1.67. The molecule has 0 aliphatic carbocycles. The van der Waals surface area contributed by atoms with Crippen molar-refractivity contribution in [3.05, 3.63) is 90.5 Å². The lowest BCUT2D eigenvalue weighted by Gasteiger charge is -2.22. The van der Waals surface area contributed by atoms with Crippen LogP contribution in [0.3, 0.4) is 0 Å². The largest absolute Gasteiger partial charge is 0.395 e. The topological polar surface area (TPSA) is 52.6 Å². The molecule has 132 valence electrons. The molecule has 2 N–H and O–H groups in total. The molecule has 3 aromatic carbocycles. The van der Waals surface area contributed by atoms with Gasteiger partial charge in [0.25, 0.3) is 0 Å². The van der Waals surface area contributed by atoms with Gasteiger partial charge in [-0.05, 0) is 28.8 Å². The summed E-state index contributed by atoms with van der Waals surface area (Å²) in [5, 5.41) is 12.2. The first-order valence-electron chi connectivity index (χ1n) is 8.62. The molecule has 26 heavy (non-hydrogen) atoms. The minimum Gasteiger partial charge on any atom is -0.395 e. The van der Waals surface area contributed by atoms with Crippen molar-refractivity contribution >= 4 is 11.7 Å². The molecule has 4 heteroatoms. The second kappa shape index (κ2) is 8.83. The van der Waals surface area contributed by atoms with Crippen molar-refractivity contribution in [1.82, 2.24) is 4.90 Å². The molecule has 0 fully saturated rings. The minimum atomic E-state index is -0.227. The Kier molecular flexibility index (Phi) is 6.01. The van der Waals surface area contributed by atoms with Crippen molar-refractivity contribution in [2.24, 2.45) is 0 Å². The van der Waals surface area contributed by atoms with Gasteiger partial charge in [-0.3, -0.25) is 0 Å². The van der Waals surface area contributed by atoms with E-state index in [1.54, 1.807) is 4.90 Å². The van der Waals surface area contributed by atoms with Gasteiger partial charge in [-0.25, -0.2) is 4.79 Å². The Hall–Kier alpha value is -3.11. The first-order chi connectivity index (χ1) is 12.8. The fourth-order valence-electron chi connectivity index (χ4n) is 2.76. The van der Waals surface area contributed by atoms with Crippen molar-refractivity contribution in [2.75, 3.05) is 18.5 Å². The van der Waals surface area contributed by atoms with Gasteiger partial charge in [0.1, 0.15) is 0 Å². The average molecular weight is 346 g/mol. The molecular formula is C22H22N2O2. The lowest BCUT2D eigenvalue weighted by atomic mass is 10.1. The van der Waals surface area contributed by atoms with Crippen LogP contribution in [0.2, 0.25) is 0 Å². The normalized spacial score (nSPS) is 10.3. The van der Waals surface area contributed by atoms with Crippen LogP contribution in [0.25, 0.3) is 11.1 Å². The first-order valence-corrected chi connectivity index (χ1v) is 8.62. The maximum atomic E-state index is 12.6. The Morgan fingerprint density at radius 1 is 0.808 bits per heavy atom. The number of anilines is 1. The molecule has 0 saturated heterocycles. The van der Waals surface area contributed by atoms with Crippen molar-refractivity contribution in [3.63, 3.8) is 0 Å². The zero-order valence-electron chi connectivity index (χ0n) is 14.5. The highest BCUT2D eigenvalue weighted by molar-refractivity contribution is 5.89. The summed E-state index contributed by atoms with van der Waals surface area (Å²) in [6.45, 7) is 0.658. The number of rotatable bonds is 6. The lowest BCUT2D eigenvalue weighted by Crippen LogP contribution is -2.36. The predicted molar refractivity (Wildman–Crippen MR) is 105 cm³/mol. The highest BCUT2D eigenvalue weighted by Gasteiger charge is 2.13. The number of hydrogen-bond acceptors (Lipinski definition) is 2. The fourth-order valence-corrected chi connectivity index (χ4v) is 2.76. The molecule has 0 aromatic heterocycles. The van der Waals surface area contributed by atoms with Gasteiger partial charge in [0.05, 0.1) is 6.61 Å². The fraction of sp³-hybridized carbons (Fsp3) is 0.136. The molecule has 0 aliphatic heterocycles. The predicted octanol–water partition coefficient (Wildman–Crippen LogP) is 4.38. The van der Waals surface area contributed by atoms with Gasteiger partial charge in [0.2, 0.25) is 0 Å². The number of nitrogens with zero attached hydrogens (tertiary/aromatic N) is 1. The number of benzene rings is 3. The molecule has 0 saturated carbocycles. The van der Waals surface area contributed by atoms with E-state index in [0.29, 0.717) is 6.54 Å². The van der Waals surface area contributed by atoms with Gasteiger partial charge in [0.15, 0.2) is 0 Å². The van der Waals surface area contributed by atoms with Crippen LogP contribution in [-0.2, 0) is 6.54 Å². The first kappa shape index (κ1) is 17.7. The summed E-state index contributed by atoms with van der Waals surface area (Å²) in [6.07, 6.45) is 0. The summed E-state index contributed by atoms with van der Waals surface area (Å²) in [7, 11) is 0. The van der Waals surface area contributed by atoms with Gasteiger partial charge in [-0.15, -0.1) is 0 Å². The quantitative estimate of drug-likeness (QED) is 0.696.